The second kappa shape index (κ2) is 7.19. The zero-order valence-corrected chi connectivity index (χ0v) is 13.7. The van der Waals surface area contributed by atoms with Gasteiger partial charge in [-0.25, -0.2) is 9.50 Å². The molecule has 23 heavy (non-hydrogen) atoms. The Morgan fingerprint density at radius 2 is 2.17 bits per heavy atom. The van der Waals surface area contributed by atoms with Crippen LogP contribution in [0.5, 0.6) is 0 Å². The van der Waals surface area contributed by atoms with Crippen molar-refractivity contribution < 1.29 is 4.79 Å². The maximum Gasteiger partial charge on any atom is 0.244 e. The van der Waals surface area contributed by atoms with Gasteiger partial charge in [0.25, 0.3) is 0 Å². The molecule has 0 aliphatic heterocycles. The number of hydrogen-bond donors (Lipinski definition) is 1. The highest BCUT2D eigenvalue weighted by Crippen LogP contribution is 2.17. The number of rotatable bonds is 6. The summed E-state index contributed by atoms with van der Waals surface area (Å²) >= 11 is 1.56. The first kappa shape index (κ1) is 15.4. The van der Waals surface area contributed by atoms with Crippen molar-refractivity contribution in [2.24, 2.45) is 0 Å². The standard InChI is InChI=1S/C17H18N4OS/c1-2-13(14-6-4-3-5-7-14)10-16(22)18-9-8-15-11-23-17-19-12-20-21(15)17/h3-7,10-12H,2,8-9H2,1H3,(H,18,22)/b13-10+. The Kier molecular flexibility index (Phi) is 4.83. The van der Waals surface area contributed by atoms with Gasteiger partial charge in [-0.15, -0.1) is 11.3 Å². The highest BCUT2D eigenvalue weighted by atomic mass is 32.1. The van der Waals surface area contributed by atoms with E-state index >= 15 is 0 Å². The molecule has 0 radical (unpaired) electrons. The predicted octanol–water partition coefficient (Wildman–Crippen LogP) is 2.94. The summed E-state index contributed by atoms with van der Waals surface area (Å²) in [6.07, 6.45) is 4.79. The van der Waals surface area contributed by atoms with E-state index in [0.29, 0.717) is 6.54 Å². The number of thiazole rings is 1. The molecule has 3 aromatic rings. The maximum atomic E-state index is 12.1. The van der Waals surface area contributed by atoms with E-state index in [0.717, 1.165) is 34.6 Å². The molecule has 0 saturated carbocycles. The third-order valence-electron chi connectivity index (χ3n) is 3.60. The van der Waals surface area contributed by atoms with Crippen molar-refractivity contribution in [1.82, 2.24) is 19.9 Å². The normalized spacial score (nSPS) is 11.8. The van der Waals surface area contributed by atoms with E-state index in [4.69, 9.17) is 0 Å². The van der Waals surface area contributed by atoms with Crippen LogP contribution in [0.2, 0.25) is 0 Å². The topological polar surface area (TPSA) is 59.3 Å². The summed E-state index contributed by atoms with van der Waals surface area (Å²) < 4.78 is 1.81. The number of allylic oxidation sites excluding steroid dienone is 1. The molecule has 1 aromatic carbocycles. The Morgan fingerprint density at radius 1 is 1.35 bits per heavy atom. The summed E-state index contributed by atoms with van der Waals surface area (Å²) in [6.45, 7) is 2.63. The minimum absolute atomic E-state index is 0.0595. The lowest BCUT2D eigenvalue weighted by Crippen LogP contribution is -2.24. The molecule has 0 bridgehead atoms. The van der Waals surface area contributed by atoms with E-state index in [1.54, 1.807) is 23.7 Å². The average Bonchev–Trinajstić information content (AvgIpc) is 3.18. The zero-order chi connectivity index (χ0) is 16.1. The van der Waals surface area contributed by atoms with E-state index in [1.165, 1.54) is 0 Å². The predicted molar refractivity (Wildman–Crippen MR) is 92.3 cm³/mol. The van der Waals surface area contributed by atoms with Crippen LogP contribution < -0.4 is 5.32 Å². The fourth-order valence-electron chi connectivity index (χ4n) is 2.41. The van der Waals surface area contributed by atoms with Crippen molar-refractivity contribution in [3.8, 4) is 0 Å². The number of nitrogens with zero attached hydrogens (tertiary/aromatic N) is 3. The first-order valence-corrected chi connectivity index (χ1v) is 8.46. The van der Waals surface area contributed by atoms with Crippen molar-refractivity contribution in [2.45, 2.75) is 19.8 Å². The van der Waals surface area contributed by atoms with Crippen LogP contribution in [0.1, 0.15) is 24.6 Å². The first-order chi connectivity index (χ1) is 11.3. The van der Waals surface area contributed by atoms with Gasteiger partial charge in [-0.2, -0.15) is 5.10 Å². The van der Waals surface area contributed by atoms with Gasteiger partial charge in [0.05, 0.1) is 5.69 Å². The lowest BCUT2D eigenvalue weighted by molar-refractivity contribution is -0.116. The molecule has 1 amide bonds. The van der Waals surface area contributed by atoms with E-state index in [2.05, 4.69) is 22.3 Å². The van der Waals surface area contributed by atoms with Gasteiger partial charge in [0, 0.05) is 24.4 Å². The monoisotopic (exact) mass is 326 g/mol. The van der Waals surface area contributed by atoms with E-state index < -0.39 is 0 Å². The van der Waals surface area contributed by atoms with Crippen LogP contribution in [-0.4, -0.2) is 27.0 Å². The molecule has 0 unspecified atom stereocenters. The molecule has 2 aromatic heterocycles. The second-order valence-corrected chi connectivity index (χ2v) is 5.95. The van der Waals surface area contributed by atoms with E-state index in [-0.39, 0.29) is 5.91 Å². The minimum atomic E-state index is -0.0595. The number of nitrogens with one attached hydrogen (secondary N) is 1. The smallest absolute Gasteiger partial charge is 0.244 e. The largest absolute Gasteiger partial charge is 0.352 e. The molecule has 0 aliphatic carbocycles. The van der Waals surface area contributed by atoms with Crippen molar-refractivity contribution in [3.05, 3.63) is 59.4 Å². The molecule has 3 rings (SSSR count). The number of hydrogen-bond acceptors (Lipinski definition) is 4. The highest BCUT2D eigenvalue weighted by molar-refractivity contribution is 7.15. The Bertz CT molecular complexity index is 819. The van der Waals surface area contributed by atoms with Gasteiger partial charge in [-0.1, -0.05) is 37.3 Å². The van der Waals surface area contributed by atoms with Gasteiger partial charge in [-0.3, -0.25) is 4.79 Å². The molecular formula is C17H18N4OS. The molecule has 0 aliphatic rings. The zero-order valence-electron chi connectivity index (χ0n) is 12.9. The van der Waals surface area contributed by atoms with Gasteiger partial charge in [0.15, 0.2) is 0 Å². The van der Waals surface area contributed by atoms with Crippen LogP contribution in [0.4, 0.5) is 0 Å². The summed E-state index contributed by atoms with van der Waals surface area (Å²) in [4.78, 5) is 17.1. The number of fused-ring (bicyclic) bond motifs is 1. The third kappa shape index (κ3) is 3.65. The van der Waals surface area contributed by atoms with Crippen LogP contribution >= 0.6 is 11.3 Å². The molecule has 5 nitrogen and oxygen atoms in total. The molecule has 2 heterocycles. The summed E-state index contributed by atoms with van der Waals surface area (Å²) in [5.41, 5.74) is 3.19. The molecule has 0 saturated heterocycles. The highest BCUT2D eigenvalue weighted by Gasteiger charge is 2.06. The fourth-order valence-corrected chi connectivity index (χ4v) is 3.24. The van der Waals surface area contributed by atoms with E-state index in [1.807, 2.05) is 40.2 Å². The van der Waals surface area contributed by atoms with Gasteiger partial charge in [-0.05, 0) is 17.6 Å². The number of aromatic nitrogens is 3. The maximum absolute atomic E-state index is 12.1. The Hall–Kier alpha value is -2.47. The van der Waals surface area contributed by atoms with Gasteiger partial charge in [0.1, 0.15) is 6.33 Å². The minimum Gasteiger partial charge on any atom is -0.352 e. The summed E-state index contributed by atoms with van der Waals surface area (Å²) in [7, 11) is 0. The van der Waals surface area contributed by atoms with Crippen LogP contribution in [0, 0.1) is 0 Å². The average molecular weight is 326 g/mol. The van der Waals surface area contributed by atoms with Crippen molar-refractivity contribution >= 4 is 27.8 Å². The Morgan fingerprint density at radius 3 is 2.96 bits per heavy atom. The number of amides is 1. The van der Waals surface area contributed by atoms with E-state index in [9.17, 15) is 4.79 Å². The lowest BCUT2D eigenvalue weighted by Gasteiger charge is -2.06. The summed E-state index contributed by atoms with van der Waals surface area (Å²) in [6, 6.07) is 9.99. The second-order valence-electron chi connectivity index (χ2n) is 5.11. The van der Waals surface area contributed by atoms with Crippen molar-refractivity contribution in [3.63, 3.8) is 0 Å². The molecule has 0 spiro atoms. The number of benzene rings is 1. The number of carbonyl (C=O) groups is 1. The molecule has 0 atom stereocenters. The van der Waals surface area contributed by atoms with Crippen LogP contribution in [0.3, 0.4) is 0 Å². The van der Waals surface area contributed by atoms with Crippen molar-refractivity contribution in [1.29, 1.82) is 0 Å². The first-order valence-electron chi connectivity index (χ1n) is 7.58. The molecule has 6 heteroatoms. The lowest BCUT2D eigenvalue weighted by atomic mass is 10.0. The molecular weight excluding hydrogens is 308 g/mol. The molecule has 1 N–H and O–H groups in total. The summed E-state index contributed by atoms with van der Waals surface area (Å²) in [5.74, 6) is -0.0595. The molecule has 0 fully saturated rings. The van der Waals surface area contributed by atoms with Crippen LogP contribution in [0.25, 0.3) is 10.5 Å². The van der Waals surface area contributed by atoms with Crippen LogP contribution in [-0.2, 0) is 11.2 Å². The van der Waals surface area contributed by atoms with Gasteiger partial charge in [0.2, 0.25) is 10.9 Å². The van der Waals surface area contributed by atoms with Gasteiger partial charge < -0.3 is 5.32 Å². The Balaban J connectivity index is 1.58. The quantitative estimate of drug-likeness (QED) is 0.709. The van der Waals surface area contributed by atoms with Crippen LogP contribution in [0.15, 0.2) is 48.1 Å². The third-order valence-corrected chi connectivity index (χ3v) is 4.48. The molecule has 118 valence electrons. The fraction of sp³-hybridized carbons (Fsp3) is 0.235. The SMILES string of the molecule is CC/C(=C\C(=O)NCCc1csc2ncnn12)c1ccccc1. The van der Waals surface area contributed by atoms with Crippen molar-refractivity contribution in [2.75, 3.05) is 6.54 Å². The summed E-state index contributed by atoms with van der Waals surface area (Å²) in [5, 5.41) is 9.14. The van der Waals surface area contributed by atoms with Gasteiger partial charge >= 0.3 is 0 Å². The number of carbonyl (C=O) groups excluding carboxylic acids is 1. The Labute approximate surface area is 138 Å².